The highest BCUT2D eigenvalue weighted by molar-refractivity contribution is 4.93. The van der Waals surface area contributed by atoms with Crippen LogP contribution in [0, 0.1) is 5.92 Å². The second-order valence-electron chi connectivity index (χ2n) is 6.53. The summed E-state index contributed by atoms with van der Waals surface area (Å²) in [5, 5.41) is 3.68. The second kappa shape index (κ2) is 5.27. The maximum absolute atomic E-state index is 3.68. The van der Waals surface area contributed by atoms with Gasteiger partial charge in [-0.2, -0.15) is 0 Å². The first-order valence-electron chi connectivity index (χ1n) is 7.84. The van der Waals surface area contributed by atoms with Gasteiger partial charge in [-0.25, -0.2) is 0 Å². The Morgan fingerprint density at radius 1 is 0.941 bits per heavy atom. The van der Waals surface area contributed by atoms with Crippen LogP contribution in [0.1, 0.15) is 58.3 Å². The van der Waals surface area contributed by atoms with Gasteiger partial charge >= 0.3 is 0 Å². The van der Waals surface area contributed by atoms with Crippen LogP contribution in [-0.4, -0.2) is 36.1 Å². The molecule has 1 saturated carbocycles. The molecule has 0 amide bonds. The van der Waals surface area contributed by atoms with Crippen molar-refractivity contribution in [1.29, 1.82) is 0 Å². The maximum Gasteiger partial charge on any atom is 0.0224 e. The molecule has 0 aromatic rings. The summed E-state index contributed by atoms with van der Waals surface area (Å²) in [5.74, 6) is 1.04. The van der Waals surface area contributed by atoms with Crippen LogP contribution in [0.5, 0.6) is 0 Å². The number of nitrogens with one attached hydrogen (secondary N) is 1. The fraction of sp³-hybridized carbons (Fsp3) is 1.00. The van der Waals surface area contributed by atoms with Crippen LogP contribution in [-0.2, 0) is 0 Å². The van der Waals surface area contributed by atoms with Gasteiger partial charge in [0.1, 0.15) is 0 Å². The quantitative estimate of drug-likeness (QED) is 0.753. The maximum atomic E-state index is 3.68. The van der Waals surface area contributed by atoms with Crippen molar-refractivity contribution in [1.82, 2.24) is 10.2 Å². The highest BCUT2D eigenvalue weighted by atomic mass is 15.2. The molecule has 2 aliphatic heterocycles. The number of hydrogen-bond acceptors (Lipinski definition) is 2. The average Bonchev–Trinajstić information content (AvgIpc) is 2.39. The number of likely N-dealkylation sites (tertiary alicyclic amines) is 1. The lowest BCUT2D eigenvalue weighted by Gasteiger charge is -2.49. The van der Waals surface area contributed by atoms with Crippen molar-refractivity contribution >= 4 is 0 Å². The Labute approximate surface area is 106 Å². The van der Waals surface area contributed by atoms with Crippen molar-refractivity contribution in [3.05, 3.63) is 0 Å². The van der Waals surface area contributed by atoms with E-state index in [1.165, 1.54) is 64.5 Å². The van der Waals surface area contributed by atoms with E-state index in [1.54, 1.807) is 0 Å². The minimum Gasteiger partial charge on any atom is -0.313 e. The zero-order valence-electron chi connectivity index (χ0n) is 11.3. The topological polar surface area (TPSA) is 15.3 Å². The lowest BCUT2D eigenvalue weighted by atomic mass is 9.77. The molecule has 2 saturated heterocycles. The predicted molar refractivity (Wildman–Crippen MR) is 72.2 cm³/mol. The van der Waals surface area contributed by atoms with E-state index >= 15 is 0 Å². The third kappa shape index (κ3) is 2.53. The molecule has 98 valence electrons. The molecule has 3 aliphatic rings. The fourth-order valence-corrected chi connectivity index (χ4v) is 4.38. The normalized spacial score (nSPS) is 44.3. The van der Waals surface area contributed by atoms with Gasteiger partial charge in [0.25, 0.3) is 0 Å². The summed E-state index contributed by atoms with van der Waals surface area (Å²) in [6.07, 6.45) is 11.7. The zero-order chi connectivity index (χ0) is 11.7. The molecule has 2 heterocycles. The van der Waals surface area contributed by atoms with Crippen molar-refractivity contribution in [2.24, 2.45) is 5.92 Å². The Morgan fingerprint density at radius 2 is 1.76 bits per heavy atom. The number of piperidine rings is 2. The lowest BCUT2D eigenvalue weighted by molar-refractivity contribution is 0.0146. The van der Waals surface area contributed by atoms with E-state index < -0.39 is 0 Å². The first-order chi connectivity index (χ1) is 8.34. The zero-order valence-corrected chi connectivity index (χ0v) is 11.3. The molecule has 2 nitrogen and oxygen atoms in total. The molecule has 2 unspecified atom stereocenters. The summed E-state index contributed by atoms with van der Waals surface area (Å²) in [6, 6.07) is 2.54. The molecule has 3 rings (SSSR count). The van der Waals surface area contributed by atoms with E-state index in [0.717, 1.165) is 24.0 Å². The first-order valence-corrected chi connectivity index (χ1v) is 7.84. The van der Waals surface area contributed by atoms with Crippen molar-refractivity contribution in [2.45, 2.75) is 76.4 Å². The smallest absolute Gasteiger partial charge is 0.0224 e. The van der Waals surface area contributed by atoms with Crippen LogP contribution in [0.25, 0.3) is 0 Å². The van der Waals surface area contributed by atoms with E-state index in [2.05, 4.69) is 17.1 Å². The van der Waals surface area contributed by atoms with Crippen molar-refractivity contribution in [3.8, 4) is 0 Å². The molecular weight excluding hydrogens is 208 g/mol. The summed E-state index contributed by atoms with van der Waals surface area (Å²) in [6.45, 7) is 4.95. The van der Waals surface area contributed by atoms with Gasteiger partial charge in [0.2, 0.25) is 0 Å². The number of hydrogen-bond donors (Lipinski definition) is 1. The van der Waals surface area contributed by atoms with Crippen LogP contribution < -0.4 is 5.32 Å². The molecule has 2 heteroatoms. The van der Waals surface area contributed by atoms with E-state index in [9.17, 15) is 0 Å². The second-order valence-corrected chi connectivity index (χ2v) is 6.53. The molecule has 0 aromatic heterocycles. The van der Waals surface area contributed by atoms with Gasteiger partial charge in [0.15, 0.2) is 0 Å². The largest absolute Gasteiger partial charge is 0.313 e. The van der Waals surface area contributed by atoms with Crippen LogP contribution in [0.2, 0.25) is 0 Å². The van der Waals surface area contributed by atoms with Gasteiger partial charge in [-0.3, -0.25) is 4.90 Å². The first kappa shape index (κ1) is 12.0. The third-order valence-electron chi connectivity index (χ3n) is 5.39. The summed E-state index contributed by atoms with van der Waals surface area (Å²) in [5.41, 5.74) is 0. The molecule has 17 heavy (non-hydrogen) atoms. The Kier molecular flexibility index (Phi) is 3.72. The molecule has 1 N–H and O–H groups in total. The lowest BCUT2D eigenvalue weighted by Crippen LogP contribution is -2.56. The highest BCUT2D eigenvalue weighted by Gasteiger charge is 2.37. The van der Waals surface area contributed by atoms with Crippen molar-refractivity contribution in [2.75, 3.05) is 13.1 Å². The summed E-state index contributed by atoms with van der Waals surface area (Å²) < 4.78 is 0. The molecule has 3 fully saturated rings. The standard InChI is InChI=1S/C15H28N2/c1-12-8-9-14(11-16-12)17-10-4-6-13-5-2-3-7-15(13)17/h12-16H,2-11H2,1H3/t12?,13-,14?,15-/m1/s1. The third-order valence-corrected chi connectivity index (χ3v) is 5.39. The minimum atomic E-state index is 0.748. The monoisotopic (exact) mass is 236 g/mol. The molecule has 1 aliphatic carbocycles. The minimum absolute atomic E-state index is 0.748. The summed E-state index contributed by atoms with van der Waals surface area (Å²) in [4.78, 5) is 2.90. The SMILES string of the molecule is CC1CCC(N2CCC[C@H]3CCCC[C@H]32)CN1. The molecule has 4 atom stereocenters. The Balaban J connectivity index is 1.64. The van der Waals surface area contributed by atoms with Crippen LogP contribution >= 0.6 is 0 Å². The Bertz CT molecular complexity index is 243. The Morgan fingerprint density at radius 3 is 2.59 bits per heavy atom. The van der Waals surface area contributed by atoms with Gasteiger partial charge in [-0.15, -0.1) is 0 Å². The van der Waals surface area contributed by atoms with E-state index in [-0.39, 0.29) is 0 Å². The van der Waals surface area contributed by atoms with Crippen LogP contribution in [0.4, 0.5) is 0 Å². The van der Waals surface area contributed by atoms with Crippen molar-refractivity contribution in [3.63, 3.8) is 0 Å². The molecule has 0 spiro atoms. The van der Waals surface area contributed by atoms with E-state index in [1.807, 2.05) is 0 Å². The number of nitrogens with zero attached hydrogens (tertiary/aromatic N) is 1. The van der Waals surface area contributed by atoms with Gasteiger partial charge in [0, 0.05) is 24.7 Å². The molecular formula is C15H28N2. The van der Waals surface area contributed by atoms with Gasteiger partial charge in [0.05, 0.1) is 0 Å². The number of rotatable bonds is 1. The van der Waals surface area contributed by atoms with Gasteiger partial charge < -0.3 is 5.32 Å². The van der Waals surface area contributed by atoms with E-state index in [0.29, 0.717) is 0 Å². The Hall–Kier alpha value is -0.0800. The molecule has 0 aromatic carbocycles. The van der Waals surface area contributed by atoms with Gasteiger partial charge in [-0.1, -0.05) is 12.8 Å². The van der Waals surface area contributed by atoms with Crippen LogP contribution in [0.15, 0.2) is 0 Å². The highest BCUT2D eigenvalue weighted by Crippen LogP contribution is 2.37. The van der Waals surface area contributed by atoms with Crippen molar-refractivity contribution < 1.29 is 0 Å². The summed E-state index contributed by atoms with van der Waals surface area (Å²) >= 11 is 0. The predicted octanol–water partition coefficient (Wildman–Crippen LogP) is 2.78. The van der Waals surface area contributed by atoms with E-state index in [4.69, 9.17) is 0 Å². The summed E-state index contributed by atoms with van der Waals surface area (Å²) in [7, 11) is 0. The van der Waals surface area contributed by atoms with Crippen LogP contribution in [0.3, 0.4) is 0 Å². The average molecular weight is 236 g/mol. The fourth-order valence-electron chi connectivity index (χ4n) is 4.38. The van der Waals surface area contributed by atoms with Gasteiger partial charge in [-0.05, 0) is 57.9 Å². The number of fused-ring (bicyclic) bond motifs is 1. The molecule has 0 radical (unpaired) electrons. The molecule has 0 bridgehead atoms.